The molecule has 0 atom stereocenters. The molecule has 0 fully saturated rings. The highest BCUT2D eigenvalue weighted by molar-refractivity contribution is 6.32. The average Bonchev–Trinajstić information content (AvgIpc) is 2.51. The zero-order chi connectivity index (χ0) is 17.0. The van der Waals surface area contributed by atoms with Crippen LogP contribution in [0, 0.1) is 18.6 Å². The Morgan fingerprint density at radius 3 is 2.61 bits per heavy atom. The number of hydrogen-bond donors (Lipinski definition) is 0. The van der Waals surface area contributed by atoms with E-state index in [1.165, 1.54) is 24.3 Å². The number of aryl methyl sites for hydroxylation is 1. The van der Waals surface area contributed by atoms with E-state index in [-0.39, 0.29) is 28.7 Å². The third-order valence-corrected chi connectivity index (χ3v) is 3.32. The molecule has 0 aliphatic carbocycles. The van der Waals surface area contributed by atoms with Crippen LogP contribution in [0.5, 0.6) is 11.5 Å². The predicted octanol–water partition coefficient (Wildman–Crippen LogP) is 4.65. The Morgan fingerprint density at radius 2 is 1.91 bits per heavy atom. The summed E-state index contributed by atoms with van der Waals surface area (Å²) in [5.41, 5.74) is 0.345. The molecule has 0 radical (unpaired) electrons. The van der Waals surface area contributed by atoms with Crippen LogP contribution in [0.1, 0.15) is 11.1 Å². The second-order valence-electron chi connectivity index (χ2n) is 4.59. The number of rotatable bonds is 4. The lowest BCUT2D eigenvalue weighted by Crippen LogP contribution is -2.11. The summed E-state index contributed by atoms with van der Waals surface area (Å²) in [6.07, 6.45) is -0.990. The van der Waals surface area contributed by atoms with Crippen LogP contribution in [0.15, 0.2) is 30.3 Å². The predicted molar refractivity (Wildman–Crippen MR) is 79.9 cm³/mol. The van der Waals surface area contributed by atoms with Crippen molar-refractivity contribution in [2.75, 3.05) is 7.11 Å². The van der Waals surface area contributed by atoms with Crippen molar-refractivity contribution >= 4 is 17.8 Å². The van der Waals surface area contributed by atoms with Gasteiger partial charge in [0.25, 0.3) is 0 Å². The minimum Gasteiger partial charge on any atom is -0.487 e. The summed E-state index contributed by atoms with van der Waals surface area (Å²) in [6.45, 7) is 1.26. The molecule has 2 aromatic carbocycles. The van der Waals surface area contributed by atoms with Crippen LogP contribution in [-0.2, 0) is 11.3 Å². The molecule has 23 heavy (non-hydrogen) atoms. The van der Waals surface area contributed by atoms with Crippen LogP contribution >= 0.6 is 11.6 Å². The van der Waals surface area contributed by atoms with E-state index < -0.39 is 17.8 Å². The maximum absolute atomic E-state index is 13.9. The molecular weight excluding hydrogens is 330 g/mol. The second kappa shape index (κ2) is 7.28. The van der Waals surface area contributed by atoms with Crippen molar-refractivity contribution in [2.24, 2.45) is 0 Å². The molecule has 4 nitrogen and oxygen atoms in total. The van der Waals surface area contributed by atoms with Crippen molar-refractivity contribution in [3.8, 4) is 11.5 Å². The third-order valence-electron chi connectivity index (χ3n) is 3.02. The first-order valence-electron chi connectivity index (χ1n) is 6.54. The van der Waals surface area contributed by atoms with Crippen LogP contribution in [0.3, 0.4) is 0 Å². The summed E-state index contributed by atoms with van der Waals surface area (Å²) in [5.74, 6) is -1.14. The Hall–Kier alpha value is -2.34. The van der Waals surface area contributed by atoms with E-state index in [4.69, 9.17) is 21.1 Å². The topological polar surface area (TPSA) is 44.8 Å². The van der Waals surface area contributed by atoms with Gasteiger partial charge in [-0.15, -0.1) is 0 Å². The number of carbonyl (C=O) groups excluding carboxylic acids is 1. The zero-order valence-electron chi connectivity index (χ0n) is 12.4. The van der Waals surface area contributed by atoms with Gasteiger partial charge in [-0.3, -0.25) is 0 Å². The SMILES string of the molecule is COC(=O)Oc1cccc(F)c1COc1cc(F)c(C)cc1Cl. The molecule has 0 spiro atoms. The fourth-order valence-corrected chi connectivity index (χ4v) is 2.07. The second-order valence-corrected chi connectivity index (χ2v) is 5.00. The Morgan fingerprint density at radius 1 is 1.17 bits per heavy atom. The summed E-state index contributed by atoms with van der Waals surface area (Å²) in [7, 11) is 1.13. The third kappa shape index (κ3) is 4.10. The van der Waals surface area contributed by atoms with Crippen molar-refractivity contribution in [1.29, 1.82) is 0 Å². The number of hydrogen-bond acceptors (Lipinski definition) is 4. The maximum atomic E-state index is 13.9. The normalized spacial score (nSPS) is 10.3. The highest BCUT2D eigenvalue weighted by atomic mass is 35.5. The molecule has 0 heterocycles. The van der Waals surface area contributed by atoms with Gasteiger partial charge in [-0.2, -0.15) is 0 Å². The lowest BCUT2D eigenvalue weighted by molar-refractivity contribution is 0.120. The average molecular weight is 343 g/mol. The summed E-state index contributed by atoms with van der Waals surface area (Å²) in [5, 5.41) is 0.190. The van der Waals surface area contributed by atoms with Gasteiger partial charge in [-0.1, -0.05) is 17.7 Å². The molecule has 0 N–H and O–H groups in total. The van der Waals surface area contributed by atoms with E-state index >= 15 is 0 Å². The van der Waals surface area contributed by atoms with E-state index in [1.807, 2.05) is 0 Å². The van der Waals surface area contributed by atoms with E-state index in [1.54, 1.807) is 6.92 Å². The number of benzene rings is 2. The van der Waals surface area contributed by atoms with Crippen LogP contribution in [-0.4, -0.2) is 13.3 Å². The van der Waals surface area contributed by atoms with Crippen LogP contribution < -0.4 is 9.47 Å². The van der Waals surface area contributed by atoms with Gasteiger partial charge in [0.1, 0.15) is 29.7 Å². The van der Waals surface area contributed by atoms with Crippen LogP contribution in [0.2, 0.25) is 5.02 Å². The standard InChI is InChI=1S/C16H13ClF2O4/c1-9-6-11(17)15(7-13(9)19)22-8-10-12(18)4-3-5-14(10)23-16(20)21-2/h3-7H,8H2,1-2H3. The van der Waals surface area contributed by atoms with Crippen LogP contribution in [0.4, 0.5) is 13.6 Å². The first kappa shape index (κ1) is 17.0. The Bertz CT molecular complexity index is 734. The molecule has 2 rings (SSSR count). The lowest BCUT2D eigenvalue weighted by atomic mass is 10.2. The quantitative estimate of drug-likeness (QED) is 0.599. The van der Waals surface area contributed by atoms with Crippen molar-refractivity contribution in [1.82, 2.24) is 0 Å². The van der Waals surface area contributed by atoms with Crippen molar-refractivity contribution < 1.29 is 27.8 Å². The highest BCUT2D eigenvalue weighted by Crippen LogP contribution is 2.30. The monoisotopic (exact) mass is 342 g/mol. The molecule has 2 aromatic rings. The molecule has 0 aromatic heterocycles. The first-order chi connectivity index (χ1) is 10.9. The Kier molecular flexibility index (Phi) is 5.39. The van der Waals surface area contributed by atoms with Gasteiger partial charge in [-0.05, 0) is 30.7 Å². The van der Waals surface area contributed by atoms with Gasteiger partial charge < -0.3 is 14.2 Å². The van der Waals surface area contributed by atoms with Gasteiger partial charge in [0.2, 0.25) is 0 Å². The number of methoxy groups -OCH3 is 1. The smallest absolute Gasteiger partial charge is 0.487 e. The Labute approximate surface area is 136 Å². The number of ether oxygens (including phenoxy) is 3. The Balaban J connectivity index is 2.23. The van der Waals surface area contributed by atoms with Crippen LogP contribution in [0.25, 0.3) is 0 Å². The molecule has 0 bridgehead atoms. The summed E-state index contributed by atoms with van der Waals surface area (Å²) < 4.78 is 42.1. The number of halogens is 3. The van der Waals surface area contributed by atoms with E-state index in [0.29, 0.717) is 5.56 Å². The molecular formula is C16H13ClF2O4. The van der Waals surface area contributed by atoms with Gasteiger partial charge in [0.15, 0.2) is 0 Å². The lowest BCUT2D eigenvalue weighted by Gasteiger charge is -2.13. The van der Waals surface area contributed by atoms with Gasteiger partial charge in [-0.25, -0.2) is 13.6 Å². The molecule has 122 valence electrons. The minimum atomic E-state index is -0.990. The summed E-state index contributed by atoms with van der Waals surface area (Å²) in [6, 6.07) is 6.45. The largest absolute Gasteiger partial charge is 0.513 e. The molecule has 7 heteroatoms. The molecule has 0 amide bonds. The highest BCUT2D eigenvalue weighted by Gasteiger charge is 2.15. The van der Waals surface area contributed by atoms with E-state index in [2.05, 4.69) is 4.74 Å². The molecule has 0 saturated heterocycles. The fraction of sp³-hybridized carbons (Fsp3) is 0.188. The summed E-state index contributed by atoms with van der Waals surface area (Å²) in [4.78, 5) is 11.2. The number of carbonyl (C=O) groups is 1. The van der Waals surface area contributed by atoms with E-state index in [0.717, 1.165) is 13.2 Å². The molecule has 0 aliphatic heterocycles. The molecule has 0 aliphatic rings. The van der Waals surface area contributed by atoms with E-state index in [9.17, 15) is 13.6 Å². The molecule has 0 saturated carbocycles. The fourth-order valence-electron chi connectivity index (χ4n) is 1.79. The maximum Gasteiger partial charge on any atom is 0.513 e. The van der Waals surface area contributed by atoms with Crippen molar-refractivity contribution in [2.45, 2.75) is 13.5 Å². The summed E-state index contributed by atoms with van der Waals surface area (Å²) >= 11 is 5.96. The first-order valence-corrected chi connectivity index (χ1v) is 6.91. The van der Waals surface area contributed by atoms with Gasteiger partial charge in [0, 0.05) is 6.07 Å². The van der Waals surface area contributed by atoms with Crippen molar-refractivity contribution in [3.05, 3.63) is 58.1 Å². The van der Waals surface area contributed by atoms with Gasteiger partial charge in [0.05, 0.1) is 17.7 Å². The van der Waals surface area contributed by atoms with Gasteiger partial charge >= 0.3 is 6.16 Å². The minimum absolute atomic E-state index is 0.0186. The molecule has 0 unspecified atom stereocenters. The zero-order valence-corrected chi connectivity index (χ0v) is 13.1. The van der Waals surface area contributed by atoms with Crippen molar-refractivity contribution in [3.63, 3.8) is 0 Å².